The summed E-state index contributed by atoms with van der Waals surface area (Å²) in [5, 5.41) is 27.2. The predicted molar refractivity (Wildman–Crippen MR) is 250 cm³/mol. The van der Waals surface area contributed by atoms with E-state index in [9.17, 15) is 29.4 Å². The first-order valence-corrected chi connectivity index (χ1v) is 25.5. The van der Waals surface area contributed by atoms with Crippen LogP contribution in [0.2, 0.25) is 0 Å². The first-order valence-electron chi connectivity index (χ1n) is 24.7. The fraction of sp³-hybridized carbons (Fsp3) is 0.556. The van der Waals surface area contributed by atoms with Gasteiger partial charge in [0, 0.05) is 58.9 Å². The number of carbonyl (C=O) groups is 4. The van der Waals surface area contributed by atoms with E-state index in [1.54, 1.807) is 12.1 Å². The van der Waals surface area contributed by atoms with E-state index in [4.69, 9.17) is 18.9 Å². The number of carbonyl (C=O) groups excluding carboxylic acids is 4. The maximum Gasteiger partial charge on any atom is 0.316 e. The number of piperidine rings is 2. The van der Waals surface area contributed by atoms with Crippen LogP contribution in [0.25, 0.3) is 10.8 Å². The average Bonchev–Trinajstić information content (AvgIpc) is 4.22. The number of likely N-dealkylation sites (tertiary alicyclic amines) is 2. The van der Waals surface area contributed by atoms with Crippen molar-refractivity contribution in [3.63, 3.8) is 0 Å². The predicted octanol–water partition coefficient (Wildman–Crippen LogP) is 7.01. The third-order valence-electron chi connectivity index (χ3n) is 17.8. The van der Waals surface area contributed by atoms with Crippen molar-refractivity contribution in [1.82, 2.24) is 9.80 Å². The van der Waals surface area contributed by atoms with E-state index < -0.39 is 46.2 Å². The van der Waals surface area contributed by atoms with E-state index in [0.717, 1.165) is 69.0 Å². The Balaban J connectivity index is 0.795. The van der Waals surface area contributed by atoms with E-state index in [-0.39, 0.29) is 60.8 Å². The van der Waals surface area contributed by atoms with Gasteiger partial charge >= 0.3 is 11.9 Å². The van der Waals surface area contributed by atoms with Gasteiger partial charge in [-0.25, -0.2) is 0 Å². The lowest BCUT2D eigenvalue weighted by atomic mass is 9.52. The van der Waals surface area contributed by atoms with Crippen LogP contribution in [0.5, 0.6) is 23.0 Å². The molecule has 0 bridgehead atoms. The molecule has 2 N–H and O–H groups in total. The molecule has 8 atom stereocenters. The highest BCUT2D eigenvalue weighted by Gasteiger charge is 2.72. The molecule has 0 amide bonds. The highest BCUT2D eigenvalue weighted by atomic mass is 32.1. The maximum atomic E-state index is 14.0. The molecule has 8 aliphatic rings. The Morgan fingerprint density at radius 2 is 1.07 bits per heavy atom. The lowest BCUT2D eigenvalue weighted by molar-refractivity contribution is -0.181. The van der Waals surface area contributed by atoms with Crippen LogP contribution < -0.4 is 18.9 Å². The Bertz CT molecular complexity index is 2590. The molecule has 352 valence electrons. The van der Waals surface area contributed by atoms with Crippen molar-refractivity contribution in [2.75, 3.05) is 26.2 Å². The van der Waals surface area contributed by atoms with Crippen LogP contribution in [-0.4, -0.2) is 105 Å². The summed E-state index contributed by atoms with van der Waals surface area (Å²) in [6.45, 7) is 11.5. The monoisotopic (exact) mass is 928 g/mol. The zero-order valence-corrected chi connectivity index (χ0v) is 39.7. The molecule has 4 aromatic rings. The highest BCUT2D eigenvalue weighted by molar-refractivity contribution is 7.14. The van der Waals surface area contributed by atoms with Crippen LogP contribution in [-0.2, 0) is 42.8 Å². The molecule has 13 heteroatoms. The van der Waals surface area contributed by atoms with Crippen LogP contribution in [0.3, 0.4) is 0 Å². The van der Waals surface area contributed by atoms with E-state index in [0.29, 0.717) is 49.0 Å². The molecule has 5 heterocycles. The zero-order chi connectivity index (χ0) is 46.4. The summed E-state index contributed by atoms with van der Waals surface area (Å²) in [6.07, 6.45) is 5.25. The molecule has 2 spiro atoms. The van der Waals surface area contributed by atoms with Gasteiger partial charge in [-0.05, 0) is 138 Å². The fourth-order valence-corrected chi connectivity index (χ4v) is 15.3. The molecule has 4 saturated carbocycles. The molecule has 12 nitrogen and oxygen atoms in total. The summed E-state index contributed by atoms with van der Waals surface area (Å²) in [5.41, 5.74) is -0.985. The summed E-state index contributed by atoms with van der Waals surface area (Å²) >= 11 is 1.36. The summed E-state index contributed by atoms with van der Waals surface area (Å²) in [7, 11) is 0. The minimum Gasteiger partial charge on any atom is -0.477 e. The lowest BCUT2D eigenvalue weighted by Crippen LogP contribution is -2.74. The average molecular weight is 929 g/mol. The number of Topliss-reactive ketones (excluding diaryl/α,β-unsaturated/α-hetero) is 2. The van der Waals surface area contributed by atoms with Gasteiger partial charge in [-0.2, -0.15) is 0 Å². The van der Waals surface area contributed by atoms with Gasteiger partial charge in [0.2, 0.25) is 0 Å². The number of aryl methyl sites for hydroxylation is 2. The Kier molecular flexibility index (Phi) is 10.0. The number of thiophene rings is 1. The number of esters is 2. The number of nitrogens with zero attached hydrogens (tertiary/aromatic N) is 2. The van der Waals surface area contributed by atoms with Gasteiger partial charge in [-0.1, -0.05) is 36.4 Å². The van der Waals surface area contributed by atoms with E-state index in [1.165, 1.54) is 37.0 Å². The fourth-order valence-electron chi connectivity index (χ4n) is 14.0. The molecule has 12 rings (SSSR count). The molecule has 67 heavy (non-hydrogen) atoms. The quantitative estimate of drug-likeness (QED) is 0.124. The van der Waals surface area contributed by atoms with Gasteiger partial charge in [-0.15, -0.1) is 11.3 Å². The van der Waals surface area contributed by atoms with Gasteiger partial charge in [0.25, 0.3) is 0 Å². The van der Waals surface area contributed by atoms with E-state index in [2.05, 4.69) is 23.6 Å². The van der Waals surface area contributed by atoms with Crippen molar-refractivity contribution in [2.45, 2.75) is 151 Å². The Morgan fingerprint density at radius 1 is 0.657 bits per heavy atom. The number of hydrogen-bond acceptors (Lipinski definition) is 13. The van der Waals surface area contributed by atoms with Gasteiger partial charge in [-0.3, -0.25) is 29.0 Å². The molecule has 6 fully saturated rings. The minimum absolute atomic E-state index is 0.0369. The molecular formula is C54H60N2O10S. The first-order chi connectivity index (χ1) is 32.2. The molecular weight excluding hydrogens is 869 g/mol. The topological polar surface area (TPSA) is 152 Å². The van der Waals surface area contributed by atoms with Crippen LogP contribution in [0, 0.1) is 25.7 Å². The van der Waals surface area contributed by atoms with Crippen LogP contribution >= 0.6 is 11.3 Å². The van der Waals surface area contributed by atoms with Crippen LogP contribution in [0.4, 0.5) is 0 Å². The number of ether oxygens (including phenoxy) is 4. The maximum absolute atomic E-state index is 14.0. The standard InChI is InChI=1S/C54H60N2O10S/c1-29-9-15-39(47-45(29)51-21-23-55(27-33-11-12-33)31(3)53(51,61)19-17-37(57)49(51)65-47)63-43(59)25-41-35-7-5-6-8-36(35)42(67-41)26-44(60)64-40-16-10-30(2)46-48(40)66-50-38(58)18-20-54(62)32(4)56(28-34-13-14-34)24-22-52(46,50)54/h5-10,15-16,31-34,49-50,61-62H,11-14,17-28H2,1-4H3/t31-,32-,49+,50+,51+,52+,53-,54-/m1/s1. The number of hydrogen-bond donors (Lipinski definition) is 2. The van der Waals surface area contributed by atoms with Gasteiger partial charge in [0.15, 0.2) is 46.8 Å². The summed E-state index contributed by atoms with van der Waals surface area (Å²) in [4.78, 5) is 61.8. The second-order valence-electron chi connectivity index (χ2n) is 21.4. The number of fused-ring (bicyclic) bond motifs is 3. The summed E-state index contributed by atoms with van der Waals surface area (Å²) < 4.78 is 25.5. The van der Waals surface area contributed by atoms with Crippen molar-refractivity contribution < 1.29 is 48.3 Å². The van der Waals surface area contributed by atoms with Gasteiger partial charge in [0.1, 0.15) is 0 Å². The Labute approximate surface area is 394 Å². The molecule has 2 saturated heterocycles. The molecule has 0 radical (unpaired) electrons. The van der Waals surface area contributed by atoms with Crippen molar-refractivity contribution in [3.05, 3.63) is 80.5 Å². The number of benzene rings is 3. The third-order valence-corrected chi connectivity index (χ3v) is 19.1. The molecule has 4 aliphatic heterocycles. The van der Waals surface area contributed by atoms with Gasteiger partial charge in [0.05, 0.1) is 34.9 Å². The normalized spacial score (nSPS) is 33.2. The third kappa shape index (κ3) is 6.36. The molecule has 0 unspecified atom stereocenters. The van der Waals surface area contributed by atoms with Crippen molar-refractivity contribution in [1.29, 1.82) is 0 Å². The number of aliphatic hydroxyl groups is 2. The SMILES string of the molecule is Cc1ccc(OC(=O)Cc2sc(CC(=O)Oc3ccc(C)c4c3O[C@H]3C(=O)CC[C@@]5(O)[C@@H](C)N(CC6CC6)CC[C@]435)c3ccccc23)c2c1[C@]13CCN(CC4CC4)[C@H](C)[C@]1(O)CCC(=O)[C@@H]3O2. The molecule has 1 aromatic heterocycles. The second-order valence-corrected chi connectivity index (χ2v) is 22.6. The van der Waals surface area contributed by atoms with Crippen molar-refractivity contribution in [2.24, 2.45) is 11.8 Å². The number of rotatable bonds is 10. The summed E-state index contributed by atoms with van der Waals surface area (Å²) in [6, 6.07) is 14.5. The number of ketones is 2. The molecule has 4 aliphatic carbocycles. The first kappa shape index (κ1) is 43.6. The van der Waals surface area contributed by atoms with E-state index in [1.807, 2.05) is 50.2 Å². The van der Waals surface area contributed by atoms with Crippen molar-refractivity contribution >= 4 is 45.6 Å². The molecule has 3 aromatic carbocycles. The van der Waals surface area contributed by atoms with Crippen LogP contribution in [0.1, 0.15) is 110 Å². The Morgan fingerprint density at radius 3 is 1.48 bits per heavy atom. The summed E-state index contributed by atoms with van der Waals surface area (Å²) in [5.74, 6) is 1.39. The van der Waals surface area contributed by atoms with Crippen molar-refractivity contribution in [3.8, 4) is 23.0 Å². The zero-order valence-electron chi connectivity index (χ0n) is 38.9. The van der Waals surface area contributed by atoms with Gasteiger partial charge < -0.3 is 29.2 Å². The van der Waals surface area contributed by atoms with Crippen LogP contribution in [0.15, 0.2) is 48.5 Å². The largest absolute Gasteiger partial charge is 0.477 e. The smallest absolute Gasteiger partial charge is 0.316 e. The highest BCUT2D eigenvalue weighted by Crippen LogP contribution is 2.64. The minimum atomic E-state index is -1.20. The Hall–Kier alpha value is -4.66. The second kappa shape index (κ2) is 15.4. The van der Waals surface area contributed by atoms with E-state index >= 15 is 0 Å². The lowest BCUT2D eigenvalue weighted by Gasteiger charge is -2.59.